The van der Waals surface area contributed by atoms with Crippen LogP contribution in [0.1, 0.15) is 23.2 Å². The average Bonchev–Trinajstić information content (AvgIpc) is 2.41. The second-order valence-corrected chi connectivity index (χ2v) is 6.11. The molecular formula is C13H14BrCl2NO. The Morgan fingerprint density at radius 1 is 1.50 bits per heavy atom. The maximum Gasteiger partial charge on any atom is 0.253 e. The van der Waals surface area contributed by atoms with Gasteiger partial charge in [0.05, 0.1) is 5.02 Å². The Labute approximate surface area is 125 Å². The maximum absolute atomic E-state index is 12.3. The lowest BCUT2D eigenvalue weighted by Crippen LogP contribution is -2.40. The summed E-state index contributed by atoms with van der Waals surface area (Å²) in [5.41, 5.74) is 0.668. The fraction of sp³-hybridized carbons (Fsp3) is 0.462. The van der Waals surface area contributed by atoms with E-state index >= 15 is 0 Å². The van der Waals surface area contributed by atoms with Gasteiger partial charge >= 0.3 is 0 Å². The zero-order chi connectivity index (χ0) is 13.1. The summed E-state index contributed by atoms with van der Waals surface area (Å²) in [5.74, 6) is 1.09. The number of nitrogens with zero attached hydrogens (tertiary/aromatic N) is 1. The zero-order valence-electron chi connectivity index (χ0n) is 9.83. The molecular weight excluding hydrogens is 337 g/mol. The fourth-order valence-electron chi connectivity index (χ4n) is 2.19. The van der Waals surface area contributed by atoms with Crippen molar-refractivity contribution in [2.45, 2.75) is 12.8 Å². The van der Waals surface area contributed by atoms with E-state index in [1.165, 1.54) is 0 Å². The van der Waals surface area contributed by atoms with E-state index in [2.05, 4.69) is 15.9 Å². The Balaban J connectivity index is 2.12. The molecule has 0 aromatic heterocycles. The van der Waals surface area contributed by atoms with Crippen LogP contribution in [-0.2, 0) is 0 Å². The minimum Gasteiger partial charge on any atom is -0.338 e. The van der Waals surface area contributed by atoms with Crippen LogP contribution in [0, 0.1) is 5.92 Å². The van der Waals surface area contributed by atoms with E-state index in [-0.39, 0.29) is 5.91 Å². The smallest absolute Gasteiger partial charge is 0.253 e. The molecule has 2 rings (SSSR count). The number of amides is 1. The Kier molecular flexibility index (Phi) is 4.93. The lowest BCUT2D eigenvalue weighted by atomic mass is 9.99. The highest BCUT2D eigenvalue weighted by Gasteiger charge is 2.24. The number of rotatable bonds is 2. The van der Waals surface area contributed by atoms with Crippen LogP contribution in [0.25, 0.3) is 0 Å². The lowest BCUT2D eigenvalue weighted by molar-refractivity contribution is 0.0685. The molecule has 0 bridgehead atoms. The summed E-state index contributed by atoms with van der Waals surface area (Å²) in [4.78, 5) is 14.2. The Bertz CT molecular complexity index is 453. The molecule has 2 nitrogen and oxygen atoms in total. The first-order valence-corrected chi connectivity index (χ1v) is 7.62. The predicted molar refractivity (Wildman–Crippen MR) is 78.5 cm³/mol. The van der Waals surface area contributed by atoms with Gasteiger partial charge in [0.15, 0.2) is 0 Å². The van der Waals surface area contributed by atoms with Gasteiger partial charge in [-0.3, -0.25) is 4.79 Å². The molecule has 1 aromatic carbocycles. The molecule has 98 valence electrons. The van der Waals surface area contributed by atoms with E-state index in [0.29, 0.717) is 22.4 Å². The molecule has 1 saturated heterocycles. The van der Waals surface area contributed by atoms with Gasteiger partial charge in [-0.2, -0.15) is 0 Å². The summed E-state index contributed by atoms with van der Waals surface area (Å²) in [6, 6.07) is 5.27. The molecule has 5 heteroatoms. The van der Waals surface area contributed by atoms with E-state index in [0.717, 1.165) is 30.4 Å². The quantitative estimate of drug-likeness (QED) is 0.732. The third-order valence-corrected chi connectivity index (χ3v) is 4.84. The van der Waals surface area contributed by atoms with E-state index in [9.17, 15) is 4.79 Å². The van der Waals surface area contributed by atoms with Gasteiger partial charge in [-0.05, 0) is 52.9 Å². The van der Waals surface area contributed by atoms with Gasteiger partial charge in [-0.25, -0.2) is 0 Å². The van der Waals surface area contributed by atoms with Crippen LogP contribution in [0.2, 0.25) is 5.02 Å². The van der Waals surface area contributed by atoms with E-state index in [1.54, 1.807) is 18.2 Å². The first-order valence-electron chi connectivity index (χ1n) is 5.92. The van der Waals surface area contributed by atoms with E-state index in [4.69, 9.17) is 23.2 Å². The Morgan fingerprint density at radius 2 is 2.28 bits per heavy atom. The van der Waals surface area contributed by atoms with Crippen LogP contribution >= 0.6 is 39.1 Å². The van der Waals surface area contributed by atoms with Crippen molar-refractivity contribution < 1.29 is 4.79 Å². The number of halogens is 3. The van der Waals surface area contributed by atoms with Crippen molar-refractivity contribution in [3.8, 4) is 0 Å². The molecule has 1 aliphatic rings. The van der Waals surface area contributed by atoms with Crippen LogP contribution < -0.4 is 0 Å². The van der Waals surface area contributed by atoms with Crippen molar-refractivity contribution in [1.82, 2.24) is 4.90 Å². The highest BCUT2D eigenvalue weighted by atomic mass is 79.9. The summed E-state index contributed by atoms with van der Waals surface area (Å²) >= 11 is 15.1. The summed E-state index contributed by atoms with van der Waals surface area (Å²) in [7, 11) is 0. The molecule has 1 unspecified atom stereocenters. The molecule has 1 heterocycles. The van der Waals surface area contributed by atoms with Crippen molar-refractivity contribution in [1.29, 1.82) is 0 Å². The zero-order valence-corrected chi connectivity index (χ0v) is 12.9. The third-order valence-electron chi connectivity index (χ3n) is 3.19. The molecule has 1 amide bonds. The topological polar surface area (TPSA) is 20.3 Å². The molecule has 1 atom stereocenters. The summed E-state index contributed by atoms with van der Waals surface area (Å²) in [6.07, 6.45) is 2.13. The standard InChI is InChI=1S/C13H14BrCl2NO/c14-11-6-10(3-4-12(11)16)13(18)17-5-1-2-9(7-15)8-17/h3-4,6,9H,1-2,5,7-8H2. The molecule has 0 spiro atoms. The highest BCUT2D eigenvalue weighted by molar-refractivity contribution is 9.10. The van der Waals surface area contributed by atoms with Gasteiger partial charge in [0.25, 0.3) is 5.91 Å². The van der Waals surface area contributed by atoms with Gasteiger partial charge in [0.1, 0.15) is 0 Å². The van der Waals surface area contributed by atoms with Crippen molar-refractivity contribution in [3.63, 3.8) is 0 Å². The largest absolute Gasteiger partial charge is 0.338 e. The van der Waals surface area contributed by atoms with Crippen molar-refractivity contribution >= 4 is 45.0 Å². The SMILES string of the molecule is O=C(c1ccc(Cl)c(Br)c1)N1CCCC(CCl)C1. The van der Waals surface area contributed by atoms with Gasteiger partial charge in [0, 0.05) is 29.0 Å². The summed E-state index contributed by atoms with van der Waals surface area (Å²) < 4.78 is 0.751. The van der Waals surface area contributed by atoms with Crippen molar-refractivity contribution in [3.05, 3.63) is 33.3 Å². The first kappa shape index (κ1) is 14.2. The van der Waals surface area contributed by atoms with Gasteiger partial charge in [-0.15, -0.1) is 11.6 Å². The van der Waals surface area contributed by atoms with Crippen LogP contribution in [-0.4, -0.2) is 29.8 Å². The molecule has 0 N–H and O–H groups in total. The van der Waals surface area contributed by atoms with Crippen molar-refractivity contribution in [2.24, 2.45) is 5.92 Å². The number of carbonyl (C=O) groups is 1. The normalized spacial score (nSPS) is 19.9. The molecule has 18 heavy (non-hydrogen) atoms. The highest BCUT2D eigenvalue weighted by Crippen LogP contribution is 2.25. The van der Waals surface area contributed by atoms with Gasteiger partial charge < -0.3 is 4.90 Å². The number of likely N-dealkylation sites (tertiary alicyclic amines) is 1. The van der Waals surface area contributed by atoms with Crippen LogP contribution in [0.3, 0.4) is 0 Å². The number of hydrogen-bond donors (Lipinski definition) is 0. The molecule has 0 aliphatic carbocycles. The molecule has 0 radical (unpaired) electrons. The monoisotopic (exact) mass is 349 g/mol. The van der Waals surface area contributed by atoms with Crippen molar-refractivity contribution in [2.75, 3.05) is 19.0 Å². The fourth-order valence-corrected chi connectivity index (χ4v) is 2.94. The van der Waals surface area contributed by atoms with Gasteiger partial charge in [-0.1, -0.05) is 11.6 Å². The molecule has 0 saturated carbocycles. The number of benzene rings is 1. The average molecular weight is 351 g/mol. The molecule has 1 aliphatic heterocycles. The first-order chi connectivity index (χ1) is 8.61. The number of piperidine rings is 1. The Hall–Kier alpha value is -0.250. The number of carbonyl (C=O) groups excluding carboxylic acids is 1. The second-order valence-electron chi connectivity index (χ2n) is 4.54. The van der Waals surface area contributed by atoms with Crippen LogP contribution in [0.15, 0.2) is 22.7 Å². The molecule has 1 aromatic rings. The lowest BCUT2D eigenvalue weighted by Gasteiger charge is -2.32. The minimum absolute atomic E-state index is 0.0576. The predicted octanol–water partition coefficient (Wildman–Crippen LogP) is 4.19. The number of hydrogen-bond acceptors (Lipinski definition) is 1. The molecule has 1 fully saturated rings. The summed E-state index contributed by atoms with van der Waals surface area (Å²) in [5, 5.41) is 0.615. The summed E-state index contributed by atoms with van der Waals surface area (Å²) in [6.45, 7) is 1.56. The van der Waals surface area contributed by atoms with Crippen LogP contribution in [0.5, 0.6) is 0 Å². The number of alkyl halides is 1. The maximum atomic E-state index is 12.3. The van der Waals surface area contributed by atoms with E-state index < -0.39 is 0 Å². The van der Waals surface area contributed by atoms with Gasteiger partial charge in [0.2, 0.25) is 0 Å². The third kappa shape index (κ3) is 3.19. The minimum atomic E-state index is 0.0576. The van der Waals surface area contributed by atoms with Crippen LogP contribution in [0.4, 0.5) is 0 Å². The Morgan fingerprint density at radius 3 is 2.94 bits per heavy atom. The second kappa shape index (κ2) is 6.27. The van der Waals surface area contributed by atoms with E-state index in [1.807, 2.05) is 4.90 Å².